The van der Waals surface area contributed by atoms with Crippen LogP contribution < -0.4 is 10.5 Å². The fraction of sp³-hybridized carbons (Fsp3) is 0.455. The van der Waals surface area contributed by atoms with Gasteiger partial charge in [-0.15, -0.1) is 0 Å². The smallest absolute Gasteiger partial charge is 0.144 e. The summed E-state index contributed by atoms with van der Waals surface area (Å²) in [4.78, 5) is 0. The summed E-state index contributed by atoms with van der Waals surface area (Å²) < 4.78 is 10.8. The van der Waals surface area contributed by atoms with Crippen molar-refractivity contribution in [3.05, 3.63) is 23.2 Å². The number of anilines is 1. The van der Waals surface area contributed by atoms with Crippen LogP contribution in [0.3, 0.4) is 0 Å². The minimum absolute atomic E-state index is 0.0364. The van der Waals surface area contributed by atoms with Crippen molar-refractivity contribution in [2.45, 2.75) is 20.0 Å². The topological polar surface area (TPSA) is 44.5 Å². The summed E-state index contributed by atoms with van der Waals surface area (Å²) in [5.74, 6) is 0.606. The molecule has 0 saturated carbocycles. The van der Waals surface area contributed by atoms with Gasteiger partial charge in [-0.3, -0.25) is 0 Å². The van der Waals surface area contributed by atoms with Gasteiger partial charge < -0.3 is 15.2 Å². The lowest BCUT2D eigenvalue weighted by Gasteiger charge is -2.16. The van der Waals surface area contributed by atoms with E-state index in [1.165, 1.54) is 0 Å². The lowest BCUT2D eigenvalue weighted by atomic mass is 10.3. The minimum atomic E-state index is -0.0364. The minimum Gasteiger partial charge on any atom is -0.486 e. The van der Waals surface area contributed by atoms with E-state index in [0.29, 0.717) is 29.7 Å². The Kier molecular flexibility index (Phi) is 4.72. The van der Waals surface area contributed by atoms with Gasteiger partial charge in [-0.25, -0.2) is 0 Å². The Morgan fingerprint density at radius 3 is 2.87 bits per heavy atom. The summed E-state index contributed by atoms with van der Waals surface area (Å²) >= 11 is 5.84. The number of hydrogen-bond acceptors (Lipinski definition) is 3. The Bertz CT molecular complexity index is 317. The van der Waals surface area contributed by atoms with E-state index in [-0.39, 0.29) is 6.10 Å². The zero-order valence-corrected chi connectivity index (χ0v) is 9.75. The maximum absolute atomic E-state index is 5.84. The van der Waals surface area contributed by atoms with Gasteiger partial charge in [-0.05, 0) is 26.0 Å². The first-order valence-electron chi connectivity index (χ1n) is 4.93. The molecule has 0 aromatic heterocycles. The molecular formula is C11H16ClNO2. The molecule has 0 aliphatic rings. The van der Waals surface area contributed by atoms with E-state index in [1.54, 1.807) is 18.2 Å². The fourth-order valence-corrected chi connectivity index (χ4v) is 1.31. The van der Waals surface area contributed by atoms with Crippen LogP contribution in [0.15, 0.2) is 18.2 Å². The zero-order chi connectivity index (χ0) is 11.3. The number of halogens is 1. The monoisotopic (exact) mass is 229 g/mol. The number of benzene rings is 1. The van der Waals surface area contributed by atoms with Gasteiger partial charge in [0.1, 0.15) is 11.9 Å². The van der Waals surface area contributed by atoms with E-state index in [0.717, 1.165) is 0 Å². The van der Waals surface area contributed by atoms with E-state index in [1.807, 2.05) is 13.8 Å². The molecular weight excluding hydrogens is 214 g/mol. The highest BCUT2D eigenvalue weighted by atomic mass is 35.5. The lowest BCUT2D eigenvalue weighted by Crippen LogP contribution is -2.19. The van der Waals surface area contributed by atoms with Crippen LogP contribution in [0, 0.1) is 0 Å². The van der Waals surface area contributed by atoms with Crippen LogP contribution in [0.1, 0.15) is 13.8 Å². The van der Waals surface area contributed by atoms with Gasteiger partial charge in [0.15, 0.2) is 0 Å². The second-order valence-electron chi connectivity index (χ2n) is 3.27. The molecule has 1 rings (SSSR count). The molecule has 0 bridgehead atoms. The van der Waals surface area contributed by atoms with Crippen LogP contribution in [0.2, 0.25) is 5.02 Å². The molecule has 2 N–H and O–H groups in total. The largest absolute Gasteiger partial charge is 0.486 e. The first kappa shape index (κ1) is 12.1. The third-order valence-electron chi connectivity index (χ3n) is 1.86. The highest BCUT2D eigenvalue weighted by Crippen LogP contribution is 2.26. The summed E-state index contributed by atoms with van der Waals surface area (Å²) in [6.45, 7) is 5.09. The van der Waals surface area contributed by atoms with Crippen molar-refractivity contribution in [1.82, 2.24) is 0 Å². The molecule has 84 valence electrons. The summed E-state index contributed by atoms with van der Waals surface area (Å²) in [6.07, 6.45) is -0.0364. The maximum Gasteiger partial charge on any atom is 0.144 e. The summed E-state index contributed by atoms with van der Waals surface area (Å²) in [6, 6.07) is 5.17. The SMILES string of the molecule is CCOCC(C)Oc1cc(Cl)ccc1N. The van der Waals surface area contributed by atoms with Crippen LogP contribution in [0.4, 0.5) is 5.69 Å². The predicted octanol–water partition coefficient (Wildman–Crippen LogP) is 2.73. The molecule has 0 saturated heterocycles. The number of nitrogen functional groups attached to an aromatic ring is 1. The van der Waals surface area contributed by atoms with Crippen molar-refractivity contribution in [2.24, 2.45) is 0 Å². The molecule has 15 heavy (non-hydrogen) atoms. The molecule has 1 unspecified atom stereocenters. The molecule has 3 nitrogen and oxygen atoms in total. The highest BCUT2D eigenvalue weighted by Gasteiger charge is 2.07. The molecule has 4 heteroatoms. The van der Waals surface area contributed by atoms with E-state index in [9.17, 15) is 0 Å². The van der Waals surface area contributed by atoms with Crippen molar-refractivity contribution in [2.75, 3.05) is 18.9 Å². The van der Waals surface area contributed by atoms with Crippen molar-refractivity contribution in [1.29, 1.82) is 0 Å². The number of rotatable bonds is 5. The second kappa shape index (κ2) is 5.83. The van der Waals surface area contributed by atoms with Gasteiger partial charge in [-0.2, -0.15) is 0 Å². The van der Waals surface area contributed by atoms with Crippen molar-refractivity contribution in [3.63, 3.8) is 0 Å². The molecule has 0 radical (unpaired) electrons. The molecule has 0 heterocycles. The summed E-state index contributed by atoms with van der Waals surface area (Å²) in [5.41, 5.74) is 6.33. The first-order chi connectivity index (χ1) is 7.13. The molecule has 1 aromatic carbocycles. The Labute approximate surface area is 95.1 Å². The second-order valence-corrected chi connectivity index (χ2v) is 3.71. The molecule has 1 aromatic rings. The van der Waals surface area contributed by atoms with Crippen LogP contribution in [-0.2, 0) is 4.74 Å². The highest BCUT2D eigenvalue weighted by molar-refractivity contribution is 6.30. The van der Waals surface area contributed by atoms with Crippen LogP contribution >= 0.6 is 11.6 Å². The van der Waals surface area contributed by atoms with Gasteiger partial charge in [-0.1, -0.05) is 11.6 Å². The Morgan fingerprint density at radius 2 is 2.20 bits per heavy atom. The average Bonchev–Trinajstić information content (AvgIpc) is 2.20. The van der Waals surface area contributed by atoms with Crippen LogP contribution in [-0.4, -0.2) is 19.3 Å². The quantitative estimate of drug-likeness (QED) is 0.790. The summed E-state index contributed by atoms with van der Waals surface area (Å²) in [7, 11) is 0. The molecule has 0 aliphatic heterocycles. The van der Waals surface area contributed by atoms with Gasteiger partial charge in [0, 0.05) is 17.7 Å². The maximum atomic E-state index is 5.84. The van der Waals surface area contributed by atoms with Crippen LogP contribution in [0.5, 0.6) is 5.75 Å². The lowest BCUT2D eigenvalue weighted by molar-refractivity contribution is 0.0661. The number of hydrogen-bond donors (Lipinski definition) is 1. The normalized spacial score (nSPS) is 12.5. The van der Waals surface area contributed by atoms with Gasteiger partial charge in [0.25, 0.3) is 0 Å². The number of nitrogens with two attached hydrogens (primary N) is 1. The van der Waals surface area contributed by atoms with E-state index < -0.39 is 0 Å². The third-order valence-corrected chi connectivity index (χ3v) is 2.10. The van der Waals surface area contributed by atoms with Crippen LogP contribution in [0.25, 0.3) is 0 Å². The molecule has 0 aliphatic carbocycles. The van der Waals surface area contributed by atoms with Crippen molar-refractivity contribution in [3.8, 4) is 5.75 Å². The third kappa shape index (κ3) is 3.98. The fourth-order valence-electron chi connectivity index (χ4n) is 1.14. The first-order valence-corrected chi connectivity index (χ1v) is 5.30. The van der Waals surface area contributed by atoms with Gasteiger partial charge in [0.2, 0.25) is 0 Å². The van der Waals surface area contributed by atoms with Crippen molar-refractivity contribution >= 4 is 17.3 Å². The van der Waals surface area contributed by atoms with Gasteiger partial charge in [0.05, 0.1) is 12.3 Å². The molecule has 0 fully saturated rings. The Hall–Kier alpha value is -0.930. The Balaban J connectivity index is 2.59. The standard InChI is InChI=1S/C11H16ClNO2/c1-3-14-7-8(2)15-11-6-9(12)4-5-10(11)13/h4-6,8H,3,7,13H2,1-2H3. The molecule has 0 amide bonds. The van der Waals surface area contributed by atoms with E-state index in [2.05, 4.69) is 0 Å². The Morgan fingerprint density at radius 1 is 1.47 bits per heavy atom. The molecule has 1 atom stereocenters. The zero-order valence-electron chi connectivity index (χ0n) is 9.00. The number of ether oxygens (including phenoxy) is 2. The average molecular weight is 230 g/mol. The predicted molar refractivity (Wildman–Crippen MR) is 62.4 cm³/mol. The van der Waals surface area contributed by atoms with E-state index in [4.69, 9.17) is 26.8 Å². The van der Waals surface area contributed by atoms with E-state index >= 15 is 0 Å². The van der Waals surface area contributed by atoms with Crippen molar-refractivity contribution < 1.29 is 9.47 Å². The molecule has 0 spiro atoms. The van der Waals surface area contributed by atoms with Gasteiger partial charge >= 0.3 is 0 Å². The summed E-state index contributed by atoms with van der Waals surface area (Å²) in [5, 5.41) is 0.614.